The first kappa shape index (κ1) is 11.6. The van der Waals surface area contributed by atoms with Gasteiger partial charge in [0.05, 0.1) is 11.5 Å². The summed E-state index contributed by atoms with van der Waals surface area (Å²) in [5.41, 5.74) is 0. The van der Waals surface area contributed by atoms with Crippen LogP contribution in [0.25, 0.3) is 0 Å². The molecule has 84 valence electrons. The molecule has 0 aliphatic carbocycles. The van der Waals surface area contributed by atoms with Crippen LogP contribution in [0.5, 0.6) is 0 Å². The van der Waals surface area contributed by atoms with Crippen LogP contribution in [0.3, 0.4) is 0 Å². The van der Waals surface area contributed by atoms with Crippen LogP contribution in [0.15, 0.2) is 15.9 Å². The number of halogens is 1. The van der Waals surface area contributed by atoms with E-state index in [1.807, 2.05) is 11.4 Å². The van der Waals surface area contributed by atoms with E-state index in [4.69, 9.17) is 0 Å². The second-order valence-corrected chi connectivity index (χ2v) is 7.73. The first-order valence-corrected chi connectivity index (χ1v) is 8.19. The average molecular weight is 310 g/mol. The Morgan fingerprint density at radius 3 is 2.73 bits per heavy atom. The van der Waals surface area contributed by atoms with Gasteiger partial charge >= 0.3 is 0 Å². The van der Waals surface area contributed by atoms with Crippen LogP contribution >= 0.6 is 27.3 Å². The summed E-state index contributed by atoms with van der Waals surface area (Å²) in [7, 11) is -2.95. The van der Waals surface area contributed by atoms with Crippen molar-refractivity contribution in [1.29, 1.82) is 0 Å². The average Bonchev–Trinajstić information content (AvgIpc) is 2.45. The molecule has 3 nitrogen and oxygen atoms in total. The fourth-order valence-electron chi connectivity index (χ4n) is 1.51. The van der Waals surface area contributed by atoms with Gasteiger partial charge < -0.3 is 5.32 Å². The van der Waals surface area contributed by atoms with Gasteiger partial charge in [-0.1, -0.05) is 0 Å². The number of hydrogen-bond donors (Lipinski definition) is 1. The number of thiophene rings is 1. The van der Waals surface area contributed by atoms with Crippen molar-refractivity contribution in [3.8, 4) is 0 Å². The number of rotatable bonds is 4. The fraction of sp³-hybridized carbons (Fsp3) is 0.556. The minimum Gasteiger partial charge on any atom is -0.316 e. The van der Waals surface area contributed by atoms with E-state index in [0.717, 1.165) is 22.4 Å². The molecule has 0 radical (unpaired) electrons. The van der Waals surface area contributed by atoms with Gasteiger partial charge in [-0.05, 0) is 33.3 Å². The van der Waals surface area contributed by atoms with E-state index < -0.39 is 9.84 Å². The zero-order valence-corrected chi connectivity index (χ0v) is 11.3. The van der Waals surface area contributed by atoms with Crippen molar-refractivity contribution >= 4 is 37.1 Å². The maximum atomic E-state index is 11.8. The quantitative estimate of drug-likeness (QED) is 0.920. The molecule has 0 bridgehead atoms. The summed E-state index contributed by atoms with van der Waals surface area (Å²) < 4.78 is 24.5. The van der Waals surface area contributed by atoms with Gasteiger partial charge in [-0.2, -0.15) is 0 Å². The van der Waals surface area contributed by atoms with Crippen LogP contribution in [-0.4, -0.2) is 27.3 Å². The lowest BCUT2D eigenvalue weighted by Crippen LogP contribution is -2.45. The number of hydrogen-bond acceptors (Lipinski definition) is 4. The smallest absolute Gasteiger partial charge is 0.155 e. The second-order valence-electron chi connectivity index (χ2n) is 3.77. The zero-order chi connectivity index (χ0) is 10.9. The van der Waals surface area contributed by atoms with Gasteiger partial charge in [-0.3, -0.25) is 0 Å². The zero-order valence-electron chi connectivity index (χ0n) is 8.07. The Labute approximate surface area is 102 Å². The Hall–Kier alpha value is 0.0900. The molecule has 1 aliphatic rings. The van der Waals surface area contributed by atoms with E-state index in [1.54, 1.807) is 0 Å². The van der Waals surface area contributed by atoms with E-state index in [1.165, 1.54) is 11.3 Å². The molecule has 0 unspecified atom stereocenters. The molecule has 1 aliphatic heterocycles. The molecule has 0 spiro atoms. The lowest BCUT2D eigenvalue weighted by molar-refractivity contribution is 0.378. The first-order chi connectivity index (χ1) is 7.07. The van der Waals surface area contributed by atoms with E-state index in [9.17, 15) is 8.42 Å². The van der Waals surface area contributed by atoms with Crippen molar-refractivity contribution in [1.82, 2.24) is 5.32 Å². The van der Waals surface area contributed by atoms with Crippen molar-refractivity contribution in [2.24, 2.45) is 5.92 Å². The predicted octanol–water partition coefficient (Wildman–Crippen LogP) is 1.64. The monoisotopic (exact) mass is 309 g/mol. The van der Waals surface area contributed by atoms with Crippen LogP contribution in [0, 0.1) is 5.92 Å². The van der Waals surface area contributed by atoms with Gasteiger partial charge in [-0.25, -0.2) is 8.42 Å². The molecule has 2 rings (SSSR count). The van der Waals surface area contributed by atoms with Crippen molar-refractivity contribution in [2.45, 2.75) is 5.75 Å². The molecule has 1 aromatic heterocycles. The topological polar surface area (TPSA) is 46.2 Å². The van der Waals surface area contributed by atoms with Crippen LogP contribution in [0.2, 0.25) is 0 Å². The molecule has 0 amide bonds. The lowest BCUT2D eigenvalue weighted by atomic mass is 10.1. The van der Waals surface area contributed by atoms with Crippen molar-refractivity contribution in [3.63, 3.8) is 0 Å². The molecule has 1 saturated heterocycles. The normalized spacial score (nSPS) is 17.7. The van der Waals surface area contributed by atoms with Gasteiger partial charge in [-0.15, -0.1) is 11.3 Å². The molecule has 2 heterocycles. The Morgan fingerprint density at radius 2 is 2.27 bits per heavy atom. The number of sulfone groups is 1. The fourth-order valence-corrected chi connectivity index (χ4v) is 5.41. The van der Waals surface area contributed by atoms with E-state index in [0.29, 0.717) is 11.7 Å². The molecule has 1 aromatic rings. The van der Waals surface area contributed by atoms with Gasteiger partial charge in [0.2, 0.25) is 0 Å². The molecule has 0 aromatic carbocycles. The summed E-state index contributed by atoms with van der Waals surface area (Å²) in [5, 5.41) is 4.99. The van der Waals surface area contributed by atoms with E-state index in [2.05, 4.69) is 21.2 Å². The van der Waals surface area contributed by atoms with E-state index >= 15 is 0 Å². The molecular weight excluding hydrogens is 298 g/mol. The number of nitrogens with one attached hydrogen (secondary N) is 1. The van der Waals surface area contributed by atoms with Crippen molar-refractivity contribution in [3.05, 3.63) is 20.8 Å². The van der Waals surface area contributed by atoms with E-state index in [-0.39, 0.29) is 5.75 Å². The van der Waals surface area contributed by atoms with Crippen molar-refractivity contribution < 1.29 is 8.42 Å². The third kappa shape index (κ3) is 3.03. The standard InChI is InChI=1S/C9H12BrNO2S2/c10-8-1-2-14-9(8)6-15(12,13)5-7-3-11-4-7/h1-2,7,11H,3-6H2. The maximum absolute atomic E-state index is 11.8. The molecule has 1 fully saturated rings. The Morgan fingerprint density at radius 1 is 1.53 bits per heavy atom. The summed E-state index contributed by atoms with van der Waals surface area (Å²) >= 11 is 4.84. The van der Waals surface area contributed by atoms with Crippen molar-refractivity contribution in [2.75, 3.05) is 18.8 Å². The second kappa shape index (κ2) is 4.53. The summed E-state index contributed by atoms with van der Waals surface area (Å²) in [6, 6.07) is 1.89. The van der Waals surface area contributed by atoms with Gasteiger partial charge in [0.1, 0.15) is 0 Å². The van der Waals surface area contributed by atoms with Gasteiger partial charge in [0.15, 0.2) is 9.84 Å². The largest absolute Gasteiger partial charge is 0.316 e. The first-order valence-electron chi connectivity index (χ1n) is 4.70. The third-order valence-corrected chi connectivity index (χ3v) is 6.21. The lowest BCUT2D eigenvalue weighted by Gasteiger charge is -2.26. The summed E-state index contributed by atoms with van der Waals surface area (Å²) in [6.07, 6.45) is 0. The highest BCUT2D eigenvalue weighted by atomic mass is 79.9. The highest BCUT2D eigenvalue weighted by Gasteiger charge is 2.25. The SMILES string of the molecule is O=S(=O)(Cc1sccc1Br)CC1CNC1. The Balaban J connectivity index is 2.00. The molecule has 15 heavy (non-hydrogen) atoms. The summed E-state index contributed by atoms with van der Waals surface area (Å²) in [4.78, 5) is 0.905. The minimum atomic E-state index is -2.95. The Bertz CT molecular complexity index is 437. The molecule has 0 atom stereocenters. The van der Waals surface area contributed by atoms with Crippen LogP contribution in [-0.2, 0) is 15.6 Å². The highest BCUT2D eigenvalue weighted by molar-refractivity contribution is 9.10. The van der Waals surface area contributed by atoms with Gasteiger partial charge in [0, 0.05) is 22.4 Å². The van der Waals surface area contributed by atoms with Crippen LogP contribution < -0.4 is 5.32 Å². The molecular formula is C9H12BrNO2S2. The Kier molecular flexibility index (Phi) is 3.49. The highest BCUT2D eigenvalue weighted by Crippen LogP contribution is 2.25. The maximum Gasteiger partial charge on any atom is 0.155 e. The van der Waals surface area contributed by atoms with Crippen LogP contribution in [0.4, 0.5) is 0 Å². The van der Waals surface area contributed by atoms with Crippen LogP contribution in [0.1, 0.15) is 4.88 Å². The molecule has 6 heteroatoms. The predicted molar refractivity (Wildman–Crippen MR) is 65.9 cm³/mol. The molecule has 1 N–H and O–H groups in total. The molecule has 0 saturated carbocycles. The third-order valence-electron chi connectivity index (χ3n) is 2.40. The van der Waals surface area contributed by atoms with Gasteiger partial charge in [0.25, 0.3) is 0 Å². The summed E-state index contributed by atoms with van der Waals surface area (Å²) in [5.74, 6) is 0.792. The summed E-state index contributed by atoms with van der Waals surface area (Å²) in [6.45, 7) is 1.68. The minimum absolute atomic E-state index is 0.168.